The van der Waals surface area contributed by atoms with Gasteiger partial charge in [0.1, 0.15) is 5.01 Å². The Morgan fingerprint density at radius 3 is 2.55 bits per heavy atom. The van der Waals surface area contributed by atoms with Crippen molar-refractivity contribution >= 4 is 11.3 Å². The Morgan fingerprint density at radius 1 is 1.25 bits per heavy atom. The zero-order valence-electron chi connectivity index (χ0n) is 13.3. The highest BCUT2D eigenvalue weighted by atomic mass is 32.1. The van der Waals surface area contributed by atoms with E-state index in [2.05, 4.69) is 38.4 Å². The van der Waals surface area contributed by atoms with Crippen LogP contribution in [0.1, 0.15) is 76.9 Å². The van der Waals surface area contributed by atoms with Crippen molar-refractivity contribution in [3.8, 4) is 0 Å². The van der Waals surface area contributed by atoms with Crippen molar-refractivity contribution in [3.05, 3.63) is 16.1 Å². The van der Waals surface area contributed by atoms with E-state index in [1.807, 2.05) is 11.3 Å². The molecule has 1 aromatic rings. The first kappa shape index (κ1) is 14.5. The Morgan fingerprint density at radius 2 is 2.00 bits per heavy atom. The monoisotopic (exact) mass is 292 g/mol. The third kappa shape index (κ3) is 2.67. The van der Waals surface area contributed by atoms with Gasteiger partial charge in [-0.1, -0.05) is 40.5 Å². The largest absolute Gasteiger partial charge is 0.302 e. The van der Waals surface area contributed by atoms with E-state index in [1.165, 1.54) is 49.2 Å². The van der Waals surface area contributed by atoms with E-state index < -0.39 is 0 Å². The Labute approximate surface area is 127 Å². The van der Waals surface area contributed by atoms with Crippen LogP contribution in [0.3, 0.4) is 0 Å². The van der Waals surface area contributed by atoms with Crippen molar-refractivity contribution in [2.45, 2.75) is 83.2 Å². The molecule has 1 aromatic heterocycles. The number of aromatic nitrogens is 1. The number of hydrogen-bond acceptors (Lipinski definition) is 3. The van der Waals surface area contributed by atoms with E-state index in [9.17, 15) is 0 Å². The molecule has 0 amide bonds. The van der Waals surface area contributed by atoms with Crippen LogP contribution in [0.5, 0.6) is 0 Å². The van der Waals surface area contributed by atoms with Crippen molar-refractivity contribution in [1.29, 1.82) is 0 Å². The summed E-state index contributed by atoms with van der Waals surface area (Å²) >= 11 is 1.88. The summed E-state index contributed by atoms with van der Waals surface area (Å²) in [6.45, 7) is 9.21. The van der Waals surface area contributed by atoms with Crippen molar-refractivity contribution in [2.24, 2.45) is 5.92 Å². The van der Waals surface area contributed by atoms with Crippen LogP contribution in [-0.4, -0.2) is 11.0 Å². The molecule has 0 aliphatic heterocycles. The standard InChI is InChI=1S/C17H28N2S/c1-12-7-5-6-10-17(12,19-13-8-9-13)15-18-14(11-20-15)16(2,3)4/h11-13,19H,5-10H2,1-4H3. The van der Waals surface area contributed by atoms with Crippen LogP contribution in [-0.2, 0) is 11.0 Å². The highest BCUT2D eigenvalue weighted by molar-refractivity contribution is 7.09. The molecule has 1 N–H and O–H groups in total. The lowest BCUT2D eigenvalue weighted by atomic mass is 9.73. The van der Waals surface area contributed by atoms with Crippen molar-refractivity contribution in [1.82, 2.24) is 10.3 Å². The smallest absolute Gasteiger partial charge is 0.113 e. The van der Waals surface area contributed by atoms with E-state index in [0.29, 0.717) is 5.92 Å². The first-order chi connectivity index (χ1) is 9.42. The fourth-order valence-electron chi connectivity index (χ4n) is 3.36. The van der Waals surface area contributed by atoms with Gasteiger partial charge in [0, 0.05) is 16.8 Å². The van der Waals surface area contributed by atoms with Gasteiger partial charge in [-0.2, -0.15) is 0 Å². The van der Waals surface area contributed by atoms with Gasteiger partial charge in [-0.3, -0.25) is 0 Å². The Kier molecular flexibility index (Phi) is 3.70. The van der Waals surface area contributed by atoms with E-state index in [-0.39, 0.29) is 11.0 Å². The molecule has 0 spiro atoms. The summed E-state index contributed by atoms with van der Waals surface area (Å²) in [6, 6.07) is 0.748. The number of thiazole rings is 1. The van der Waals surface area contributed by atoms with Crippen LogP contribution >= 0.6 is 11.3 Å². The average Bonchev–Trinajstić information content (AvgIpc) is 3.03. The molecule has 0 aromatic carbocycles. The van der Waals surface area contributed by atoms with Gasteiger partial charge < -0.3 is 5.32 Å². The molecular formula is C17H28N2S. The lowest BCUT2D eigenvalue weighted by Gasteiger charge is -2.42. The zero-order valence-corrected chi connectivity index (χ0v) is 14.1. The summed E-state index contributed by atoms with van der Waals surface area (Å²) in [5.74, 6) is 0.704. The molecule has 3 rings (SSSR count). The molecule has 3 heteroatoms. The fourth-order valence-corrected chi connectivity index (χ4v) is 4.71. The summed E-state index contributed by atoms with van der Waals surface area (Å²) in [7, 11) is 0. The topological polar surface area (TPSA) is 24.9 Å². The van der Waals surface area contributed by atoms with E-state index in [4.69, 9.17) is 4.98 Å². The predicted molar refractivity (Wildman–Crippen MR) is 86.3 cm³/mol. The minimum atomic E-state index is 0.160. The quantitative estimate of drug-likeness (QED) is 0.881. The van der Waals surface area contributed by atoms with Crippen LogP contribution in [0.15, 0.2) is 5.38 Å². The molecule has 2 atom stereocenters. The number of nitrogens with one attached hydrogen (secondary N) is 1. The summed E-state index contributed by atoms with van der Waals surface area (Å²) in [5, 5.41) is 7.62. The molecule has 1 heterocycles. The van der Waals surface area contributed by atoms with Crippen LogP contribution in [0.2, 0.25) is 0 Å². The third-order valence-corrected chi connectivity index (χ3v) is 6.01. The first-order valence-corrected chi connectivity index (χ1v) is 9.04. The maximum absolute atomic E-state index is 5.06. The highest BCUT2D eigenvalue weighted by Crippen LogP contribution is 2.45. The second-order valence-corrected chi connectivity index (χ2v) is 8.68. The molecule has 2 unspecified atom stereocenters. The first-order valence-electron chi connectivity index (χ1n) is 8.16. The SMILES string of the molecule is CC1CCCCC1(NC1CC1)c1nc(C(C)(C)C)cs1. The molecule has 2 aliphatic rings. The van der Waals surface area contributed by atoms with Gasteiger partial charge in [0.05, 0.1) is 11.2 Å². The van der Waals surface area contributed by atoms with E-state index in [0.717, 1.165) is 6.04 Å². The second kappa shape index (κ2) is 5.10. The van der Waals surface area contributed by atoms with Crippen molar-refractivity contribution in [2.75, 3.05) is 0 Å². The van der Waals surface area contributed by atoms with Crippen LogP contribution in [0, 0.1) is 5.92 Å². The highest BCUT2D eigenvalue weighted by Gasteiger charge is 2.45. The lowest BCUT2D eigenvalue weighted by Crippen LogP contribution is -2.50. The van der Waals surface area contributed by atoms with E-state index in [1.54, 1.807) is 0 Å². The summed E-state index contributed by atoms with van der Waals surface area (Å²) in [4.78, 5) is 5.06. The van der Waals surface area contributed by atoms with Gasteiger partial charge in [0.25, 0.3) is 0 Å². The number of nitrogens with zero attached hydrogens (tertiary/aromatic N) is 1. The van der Waals surface area contributed by atoms with Gasteiger partial charge >= 0.3 is 0 Å². The van der Waals surface area contributed by atoms with Crippen molar-refractivity contribution in [3.63, 3.8) is 0 Å². The van der Waals surface area contributed by atoms with Crippen LogP contribution in [0.25, 0.3) is 0 Å². The molecule has 0 saturated heterocycles. The molecule has 2 aliphatic carbocycles. The molecule has 2 nitrogen and oxygen atoms in total. The normalized spacial score (nSPS) is 31.5. The minimum Gasteiger partial charge on any atom is -0.302 e. The number of rotatable bonds is 3. The van der Waals surface area contributed by atoms with Crippen molar-refractivity contribution < 1.29 is 0 Å². The molecule has 20 heavy (non-hydrogen) atoms. The average molecular weight is 292 g/mol. The third-order valence-electron chi connectivity index (χ3n) is 4.99. The number of hydrogen-bond donors (Lipinski definition) is 1. The summed E-state index contributed by atoms with van der Waals surface area (Å²) in [5.41, 5.74) is 1.58. The van der Waals surface area contributed by atoms with Crippen LogP contribution < -0.4 is 5.32 Å². The molecule has 2 fully saturated rings. The van der Waals surface area contributed by atoms with Gasteiger partial charge in [-0.05, 0) is 31.6 Å². The van der Waals surface area contributed by atoms with E-state index >= 15 is 0 Å². The molecule has 0 radical (unpaired) electrons. The second-order valence-electron chi connectivity index (χ2n) is 7.82. The van der Waals surface area contributed by atoms with Gasteiger partial charge in [-0.15, -0.1) is 11.3 Å². The zero-order chi connectivity index (χ0) is 14.4. The predicted octanol–water partition coefficient (Wildman–Crippen LogP) is 4.60. The molecule has 0 bridgehead atoms. The Hall–Kier alpha value is -0.410. The summed E-state index contributed by atoms with van der Waals surface area (Å²) in [6.07, 6.45) is 8.03. The minimum absolute atomic E-state index is 0.160. The fraction of sp³-hybridized carbons (Fsp3) is 0.824. The van der Waals surface area contributed by atoms with Gasteiger partial charge in [0.15, 0.2) is 0 Å². The maximum Gasteiger partial charge on any atom is 0.113 e. The Balaban J connectivity index is 1.93. The van der Waals surface area contributed by atoms with Gasteiger partial charge in [-0.25, -0.2) is 4.98 Å². The van der Waals surface area contributed by atoms with Gasteiger partial charge in [0.2, 0.25) is 0 Å². The molecule has 112 valence electrons. The maximum atomic E-state index is 5.06. The van der Waals surface area contributed by atoms with Crippen LogP contribution in [0.4, 0.5) is 0 Å². The Bertz CT molecular complexity index is 470. The molecular weight excluding hydrogens is 264 g/mol. The summed E-state index contributed by atoms with van der Waals surface area (Å²) < 4.78 is 0. The molecule has 2 saturated carbocycles. The lowest BCUT2D eigenvalue weighted by molar-refractivity contribution is 0.150.